The minimum Gasteiger partial charge on any atom is -0.317 e. The molecule has 0 aromatic carbocycles. The van der Waals surface area contributed by atoms with Crippen LogP contribution in [0, 0.1) is 6.92 Å². The lowest BCUT2D eigenvalue weighted by atomic mass is 10.2. The van der Waals surface area contributed by atoms with Crippen LogP contribution in [-0.4, -0.2) is 22.9 Å². The zero-order chi connectivity index (χ0) is 12.9. The minimum atomic E-state index is 1.02. The van der Waals surface area contributed by atoms with Crippen LogP contribution in [0.4, 0.5) is 0 Å². The molecule has 1 aromatic heterocycles. The monoisotopic (exact) mass is 239 g/mol. The van der Waals surface area contributed by atoms with Crippen molar-refractivity contribution < 1.29 is 0 Å². The van der Waals surface area contributed by atoms with E-state index in [1.807, 2.05) is 31.6 Å². The fraction of sp³-hybridized carbons (Fsp3) is 0.786. The van der Waals surface area contributed by atoms with Crippen LogP contribution in [0.25, 0.3) is 0 Å². The molecule has 0 spiro atoms. The molecule has 0 aliphatic rings. The number of hydrogen-bond acceptors (Lipinski definition) is 2. The standard InChI is InChI=1S/C12H23N3.C2H6/c1-3-4-5-8-13-9-6-10-15-11-7-12(2)14-15;1-2/h7,11,13H,3-6,8-10H2,1-2H3;1-2H3. The van der Waals surface area contributed by atoms with Crippen molar-refractivity contribution in [2.45, 2.75) is 59.9 Å². The predicted molar refractivity (Wildman–Crippen MR) is 75.3 cm³/mol. The first-order chi connectivity index (χ1) is 8.33. The number of aryl methyl sites for hydroxylation is 2. The van der Waals surface area contributed by atoms with Gasteiger partial charge in [-0.3, -0.25) is 4.68 Å². The van der Waals surface area contributed by atoms with Crippen LogP contribution in [0.1, 0.15) is 52.1 Å². The lowest BCUT2D eigenvalue weighted by Gasteiger charge is -2.04. The van der Waals surface area contributed by atoms with Gasteiger partial charge in [0.15, 0.2) is 0 Å². The average Bonchev–Trinajstić information content (AvgIpc) is 2.77. The van der Waals surface area contributed by atoms with Crippen molar-refractivity contribution in [3.8, 4) is 0 Å². The zero-order valence-electron chi connectivity index (χ0n) is 12.0. The summed E-state index contributed by atoms with van der Waals surface area (Å²) in [5, 5.41) is 7.80. The van der Waals surface area contributed by atoms with Gasteiger partial charge in [-0.15, -0.1) is 0 Å². The third-order valence-corrected chi connectivity index (χ3v) is 2.47. The Morgan fingerprint density at radius 2 is 1.88 bits per heavy atom. The topological polar surface area (TPSA) is 29.9 Å². The van der Waals surface area contributed by atoms with Crippen LogP contribution >= 0.6 is 0 Å². The lowest BCUT2D eigenvalue weighted by Crippen LogP contribution is -2.18. The molecule has 0 aliphatic carbocycles. The summed E-state index contributed by atoms with van der Waals surface area (Å²) in [6.45, 7) is 11.5. The minimum absolute atomic E-state index is 1.02. The van der Waals surface area contributed by atoms with Gasteiger partial charge >= 0.3 is 0 Å². The van der Waals surface area contributed by atoms with Crippen molar-refractivity contribution in [2.24, 2.45) is 0 Å². The first-order valence-electron chi connectivity index (χ1n) is 7.03. The van der Waals surface area contributed by atoms with E-state index in [9.17, 15) is 0 Å². The molecule has 1 N–H and O–H groups in total. The van der Waals surface area contributed by atoms with Gasteiger partial charge in [0.05, 0.1) is 5.69 Å². The molecule has 0 amide bonds. The largest absolute Gasteiger partial charge is 0.317 e. The summed E-state index contributed by atoms with van der Waals surface area (Å²) in [4.78, 5) is 0. The number of aromatic nitrogens is 2. The fourth-order valence-electron chi connectivity index (χ4n) is 1.58. The maximum atomic E-state index is 4.35. The van der Waals surface area contributed by atoms with E-state index >= 15 is 0 Å². The van der Waals surface area contributed by atoms with Gasteiger partial charge in [0, 0.05) is 12.7 Å². The van der Waals surface area contributed by atoms with Crippen molar-refractivity contribution in [3.63, 3.8) is 0 Å². The Morgan fingerprint density at radius 3 is 2.47 bits per heavy atom. The number of rotatable bonds is 8. The highest BCUT2D eigenvalue weighted by Gasteiger charge is 1.93. The third kappa shape index (κ3) is 8.93. The molecule has 0 saturated heterocycles. The number of nitrogens with one attached hydrogen (secondary N) is 1. The summed E-state index contributed by atoms with van der Waals surface area (Å²) in [5.41, 5.74) is 1.10. The predicted octanol–water partition coefficient (Wildman–Crippen LogP) is 3.39. The molecule has 0 saturated carbocycles. The molecular weight excluding hydrogens is 210 g/mol. The summed E-state index contributed by atoms with van der Waals surface area (Å²) in [5.74, 6) is 0. The smallest absolute Gasteiger partial charge is 0.0593 e. The highest BCUT2D eigenvalue weighted by Crippen LogP contribution is 1.94. The van der Waals surface area contributed by atoms with Crippen LogP contribution in [-0.2, 0) is 6.54 Å². The fourth-order valence-corrected chi connectivity index (χ4v) is 1.58. The summed E-state index contributed by atoms with van der Waals surface area (Å²) >= 11 is 0. The van der Waals surface area contributed by atoms with Crippen molar-refractivity contribution in [1.29, 1.82) is 0 Å². The Kier molecular flexibility index (Phi) is 11.1. The zero-order valence-corrected chi connectivity index (χ0v) is 12.0. The van der Waals surface area contributed by atoms with Gasteiger partial charge in [-0.2, -0.15) is 5.10 Å². The first-order valence-corrected chi connectivity index (χ1v) is 7.03. The molecule has 0 atom stereocenters. The van der Waals surface area contributed by atoms with Gasteiger partial charge in [-0.1, -0.05) is 33.6 Å². The third-order valence-electron chi connectivity index (χ3n) is 2.47. The number of hydrogen-bond donors (Lipinski definition) is 1. The summed E-state index contributed by atoms with van der Waals surface area (Å²) < 4.78 is 2.02. The normalized spacial score (nSPS) is 9.88. The van der Waals surface area contributed by atoms with E-state index < -0.39 is 0 Å². The maximum absolute atomic E-state index is 4.35. The summed E-state index contributed by atoms with van der Waals surface area (Å²) in [6.07, 6.45) is 7.15. The SMILES string of the molecule is CC.CCCCCNCCCn1ccc(C)n1. The molecule has 100 valence electrons. The van der Waals surface area contributed by atoms with Crippen LogP contribution in [0.5, 0.6) is 0 Å². The Morgan fingerprint density at radius 1 is 1.18 bits per heavy atom. The quantitative estimate of drug-likeness (QED) is 0.705. The molecule has 0 unspecified atom stereocenters. The van der Waals surface area contributed by atoms with Crippen LogP contribution in [0.2, 0.25) is 0 Å². The maximum Gasteiger partial charge on any atom is 0.0593 e. The second kappa shape index (κ2) is 11.6. The van der Waals surface area contributed by atoms with E-state index in [-0.39, 0.29) is 0 Å². The molecule has 3 heteroatoms. The van der Waals surface area contributed by atoms with Gasteiger partial charge < -0.3 is 5.32 Å². The second-order valence-electron chi connectivity index (χ2n) is 4.03. The molecule has 17 heavy (non-hydrogen) atoms. The van der Waals surface area contributed by atoms with Crippen LogP contribution in [0.15, 0.2) is 12.3 Å². The van der Waals surface area contributed by atoms with E-state index in [2.05, 4.69) is 23.4 Å². The average molecular weight is 239 g/mol. The first kappa shape index (κ1) is 16.2. The Bertz CT molecular complexity index is 256. The van der Waals surface area contributed by atoms with Crippen LogP contribution < -0.4 is 5.32 Å². The number of nitrogens with zero attached hydrogens (tertiary/aromatic N) is 2. The Balaban J connectivity index is 0.00000121. The molecular formula is C14H29N3. The molecule has 3 nitrogen and oxygen atoms in total. The van der Waals surface area contributed by atoms with E-state index in [0.717, 1.165) is 31.7 Å². The van der Waals surface area contributed by atoms with Crippen molar-refractivity contribution in [1.82, 2.24) is 15.1 Å². The van der Waals surface area contributed by atoms with E-state index in [4.69, 9.17) is 0 Å². The van der Waals surface area contributed by atoms with Gasteiger partial charge in [-0.25, -0.2) is 0 Å². The van der Waals surface area contributed by atoms with Gasteiger partial charge in [0.1, 0.15) is 0 Å². The molecule has 0 fully saturated rings. The van der Waals surface area contributed by atoms with Gasteiger partial charge in [0.2, 0.25) is 0 Å². The summed E-state index contributed by atoms with van der Waals surface area (Å²) in [6, 6.07) is 2.05. The molecule has 0 bridgehead atoms. The van der Waals surface area contributed by atoms with E-state index in [0.29, 0.717) is 0 Å². The van der Waals surface area contributed by atoms with Crippen LogP contribution in [0.3, 0.4) is 0 Å². The van der Waals surface area contributed by atoms with Crippen molar-refractivity contribution >= 4 is 0 Å². The van der Waals surface area contributed by atoms with E-state index in [1.54, 1.807) is 0 Å². The molecule has 0 aliphatic heterocycles. The highest BCUT2D eigenvalue weighted by atomic mass is 15.3. The highest BCUT2D eigenvalue weighted by molar-refractivity contribution is 4.94. The lowest BCUT2D eigenvalue weighted by molar-refractivity contribution is 0.531. The van der Waals surface area contributed by atoms with Crippen molar-refractivity contribution in [2.75, 3.05) is 13.1 Å². The van der Waals surface area contributed by atoms with Gasteiger partial charge in [0.25, 0.3) is 0 Å². The Hall–Kier alpha value is -0.830. The molecule has 1 aromatic rings. The van der Waals surface area contributed by atoms with Crippen molar-refractivity contribution in [3.05, 3.63) is 18.0 Å². The summed E-state index contributed by atoms with van der Waals surface area (Å²) in [7, 11) is 0. The number of unbranched alkanes of at least 4 members (excludes halogenated alkanes) is 2. The molecule has 0 radical (unpaired) electrons. The van der Waals surface area contributed by atoms with Gasteiger partial charge in [-0.05, 0) is 38.9 Å². The van der Waals surface area contributed by atoms with E-state index in [1.165, 1.54) is 19.3 Å². The second-order valence-corrected chi connectivity index (χ2v) is 4.03. The Labute approximate surface area is 107 Å². The molecule has 1 heterocycles. The molecule has 1 rings (SSSR count).